The highest BCUT2D eigenvalue weighted by atomic mass is 16.2. The Balaban J connectivity index is 2.00. The fraction of sp³-hybridized carbons (Fsp3) is 0.412. The predicted molar refractivity (Wildman–Crippen MR) is 84.2 cm³/mol. The van der Waals surface area contributed by atoms with Gasteiger partial charge in [-0.1, -0.05) is 18.2 Å². The van der Waals surface area contributed by atoms with Crippen molar-refractivity contribution in [3.05, 3.63) is 41.6 Å². The number of pyridine rings is 1. The first kappa shape index (κ1) is 14.0. The molecular formula is C17H21N3O. The second-order valence-electron chi connectivity index (χ2n) is 5.96. The molecule has 2 atom stereocenters. The molecule has 4 nitrogen and oxygen atoms in total. The lowest BCUT2D eigenvalue weighted by atomic mass is 9.97. The Morgan fingerprint density at radius 2 is 2.14 bits per heavy atom. The van der Waals surface area contributed by atoms with Crippen molar-refractivity contribution in [3.63, 3.8) is 0 Å². The van der Waals surface area contributed by atoms with Crippen LogP contribution in [0.3, 0.4) is 0 Å². The molecule has 1 aromatic carbocycles. The minimum absolute atomic E-state index is 0.0677. The second-order valence-corrected chi connectivity index (χ2v) is 5.96. The molecule has 0 bridgehead atoms. The number of hydrogen-bond donors (Lipinski definition) is 1. The van der Waals surface area contributed by atoms with E-state index in [0.29, 0.717) is 5.56 Å². The van der Waals surface area contributed by atoms with Gasteiger partial charge in [0.2, 0.25) is 0 Å². The van der Waals surface area contributed by atoms with Crippen molar-refractivity contribution in [2.45, 2.75) is 38.8 Å². The van der Waals surface area contributed by atoms with Crippen LogP contribution in [0.25, 0.3) is 10.9 Å². The summed E-state index contributed by atoms with van der Waals surface area (Å²) in [5.41, 5.74) is 8.40. The molecule has 0 spiro atoms. The van der Waals surface area contributed by atoms with E-state index in [0.717, 1.165) is 36.0 Å². The molecule has 110 valence electrons. The van der Waals surface area contributed by atoms with E-state index in [2.05, 4.69) is 11.9 Å². The van der Waals surface area contributed by atoms with Gasteiger partial charge in [0, 0.05) is 29.7 Å². The van der Waals surface area contributed by atoms with Crippen LogP contribution in [-0.2, 0) is 0 Å². The van der Waals surface area contributed by atoms with Gasteiger partial charge < -0.3 is 10.6 Å². The summed E-state index contributed by atoms with van der Waals surface area (Å²) in [4.78, 5) is 19.4. The predicted octanol–water partition coefficient (Wildman–Crippen LogP) is 2.50. The van der Waals surface area contributed by atoms with E-state index in [1.165, 1.54) is 0 Å². The fourth-order valence-corrected chi connectivity index (χ4v) is 3.08. The van der Waals surface area contributed by atoms with Crippen molar-refractivity contribution >= 4 is 16.8 Å². The number of carbonyl (C=O) groups excluding carboxylic acids is 1. The van der Waals surface area contributed by atoms with E-state index in [4.69, 9.17) is 5.73 Å². The van der Waals surface area contributed by atoms with Gasteiger partial charge in [-0.25, -0.2) is 0 Å². The van der Waals surface area contributed by atoms with Crippen LogP contribution in [0.1, 0.15) is 35.8 Å². The fourth-order valence-electron chi connectivity index (χ4n) is 3.08. The summed E-state index contributed by atoms with van der Waals surface area (Å²) in [7, 11) is 0. The number of amides is 1. The normalized spacial score (nSPS) is 22.5. The van der Waals surface area contributed by atoms with Gasteiger partial charge in [0.05, 0.1) is 11.1 Å². The first-order valence-corrected chi connectivity index (χ1v) is 7.49. The zero-order chi connectivity index (χ0) is 15.0. The Hall–Kier alpha value is -1.94. The smallest absolute Gasteiger partial charge is 0.256 e. The third kappa shape index (κ3) is 2.63. The van der Waals surface area contributed by atoms with Gasteiger partial charge in [-0.05, 0) is 38.8 Å². The first-order valence-electron chi connectivity index (χ1n) is 7.49. The summed E-state index contributed by atoms with van der Waals surface area (Å²) in [5, 5.41) is 1.01. The Kier molecular flexibility index (Phi) is 3.64. The third-order valence-electron chi connectivity index (χ3n) is 4.27. The molecule has 2 N–H and O–H groups in total. The Bertz CT molecular complexity index is 683. The van der Waals surface area contributed by atoms with Crippen LogP contribution >= 0.6 is 0 Å². The molecular weight excluding hydrogens is 262 g/mol. The molecule has 0 aliphatic carbocycles. The Labute approximate surface area is 125 Å². The molecule has 1 amide bonds. The maximum absolute atomic E-state index is 12.9. The number of carbonyl (C=O) groups is 1. The molecule has 4 heteroatoms. The molecule has 0 unspecified atom stereocenters. The van der Waals surface area contributed by atoms with Crippen molar-refractivity contribution in [2.24, 2.45) is 5.73 Å². The lowest BCUT2D eigenvalue weighted by molar-refractivity contribution is 0.0621. The molecule has 0 saturated carbocycles. The molecule has 1 aromatic heterocycles. The average molecular weight is 283 g/mol. The van der Waals surface area contributed by atoms with Gasteiger partial charge in [-0.3, -0.25) is 9.78 Å². The highest BCUT2D eigenvalue weighted by Crippen LogP contribution is 2.23. The molecule has 3 rings (SSSR count). The molecule has 0 radical (unpaired) electrons. The Morgan fingerprint density at radius 3 is 2.90 bits per heavy atom. The quantitative estimate of drug-likeness (QED) is 0.874. The maximum atomic E-state index is 12.9. The van der Waals surface area contributed by atoms with Crippen LogP contribution in [0.15, 0.2) is 30.3 Å². The molecule has 1 aliphatic heterocycles. The summed E-state index contributed by atoms with van der Waals surface area (Å²) in [6.07, 6.45) is 1.73. The van der Waals surface area contributed by atoms with Crippen molar-refractivity contribution in [1.29, 1.82) is 0 Å². The van der Waals surface area contributed by atoms with Gasteiger partial charge in [-0.2, -0.15) is 0 Å². The number of nitrogens with zero attached hydrogens (tertiary/aromatic N) is 2. The number of fused-ring (bicyclic) bond motifs is 1. The Morgan fingerprint density at radius 1 is 1.33 bits per heavy atom. The van der Waals surface area contributed by atoms with Crippen molar-refractivity contribution in [2.75, 3.05) is 6.54 Å². The van der Waals surface area contributed by atoms with Crippen molar-refractivity contribution < 1.29 is 4.79 Å². The molecule has 1 aliphatic rings. The lowest BCUT2D eigenvalue weighted by Crippen LogP contribution is -2.48. The lowest BCUT2D eigenvalue weighted by Gasteiger charge is -2.36. The number of hydrogen-bond acceptors (Lipinski definition) is 3. The van der Waals surface area contributed by atoms with E-state index in [9.17, 15) is 4.79 Å². The number of benzene rings is 1. The molecule has 1 fully saturated rings. The minimum Gasteiger partial charge on any atom is -0.336 e. The highest BCUT2D eigenvalue weighted by molar-refractivity contribution is 6.05. The number of para-hydroxylation sites is 1. The third-order valence-corrected chi connectivity index (χ3v) is 4.27. The molecule has 1 saturated heterocycles. The van der Waals surface area contributed by atoms with E-state index in [1.54, 1.807) is 0 Å². The van der Waals surface area contributed by atoms with Crippen LogP contribution in [0, 0.1) is 6.92 Å². The molecule has 2 heterocycles. The van der Waals surface area contributed by atoms with Crippen LogP contribution < -0.4 is 5.73 Å². The van der Waals surface area contributed by atoms with Gasteiger partial charge in [-0.15, -0.1) is 0 Å². The van der Waals surface area contributed by atoms with Gasteiger partial charge >= 0.3 is 0 Å². The van der Waals surface area contributed by atoms with Gasteiger partial charge in [0.1, 0.15) is 0 Å². The van der Waals surface area contributed by atoms with Crippen LogP contribution in [0.2, 0.25) is 0 Å². The second kappa shape index (κ2) is 5.45. The number of nitrogens with two attached hydrogens (primary N) is 1. The van der Waals surface area contributed by atoms with Crippen LogP contribution in [0.5, 0.6) is 0 Å². The van der Waals surface area contributed by atoms with E-state index >= 15 is 0 Å². The van der Waals surface area contributed by atoms with E-state index in [1.807, 2.05) is 42.2 Å². The van der Waals surface area contributed by atoms with Crippen LogP contribution in [-0.4, -0.2) is 34.4 Å². The van der Waals surface area contributed by atoms with Crippen LogP contribution in [0.4, 0.5) is 0 Å². The summed E-state index contributed by atoms with van der Waals surface area (Å²) in [6.45, 7) is 4.74. The first-order chi connectivity index (χ1) is 10.1. The van der Waals surface area contributed by atoms with Crippen molar-refractivity contribution in [1.82, 2.24) is 9.88 Å². The van der Waals surface area contributed by atoms with E-state index < -0.39 is 0 Å². The summed E-state index contributed by atoms with van der Waals surface area (Å²) >= 11 is 0. The minimum atomic E-state index is 0.0677. The topological polar surface area (TPSA) is 59.2 Å². The number of likely N-dealkylation sites (tertiary alicyclic amines) is 1. The van der Waals surface area contributed by atoms with Gasteiger partial charge in [0.15, 0.2) is 0 Å². The average Bonchev–Trinajstić information content (AvgIpc) is 2.46. The summed E-state index contributed by atoms with van der Waals surface area (Å²) in [5.74, 6) is 0.0677. The monoisotopic (exact) mass is 283 g/mol. The standard InChI is InChI=1S/C17H21N3O/c1-11-6-7-13-4-3-5-15(16(13)19-11)17(21)20-9-8-14(18)10-12(20)2/h3-7,12,14H,8-10,18H2,1-2H3/t12-,14+/m0/s1. The van der Waals surface area contributed by atoms with Crippen molar-refractivity contribution in [3.8, 4) is 0 Å². The summed E-state index contributed by atoms with van der Waals surface area (Å²) in [6, 6.07) is 10.2. The number of aryl methyl sites for hydroxylation is 1. The summed E-state index contributed by atoms with van der Waals surface area (Å²) < 4.78 is 0. The largest absolute Gasteiger partial charge is 0.336 e. The number of aromatic nitrogens is 1. The molecule has 21 heavy (non-hydrogen) atoms. The zero-order valence-corrected chi connectivity index (χ0v) is 12.5. The SMILES string of the molecule is Cc1ccc2cccc(C(=O)N3CC[C@@H](N)C[C@@H]3C)c2n1. The number of rotatable bonds is 1. The maximum Gasteiger partial charge on any atom is 0.256 e. The highest BCUT2D eigenvalue weighted by Gasteiger charge is 2.28. The van der Waals surface area contributed by atoms with Gasteiger partial charge in [0.25, 0.3) is 5.91 Å². The molecule has 2 aromatic rings. The van der Waals surface area contributed by atoms with E-state index in [-0.39, 0.29) is 18.0 Å². The number of piperidine rings is 1. The zero-order valence-electron chi connectivity index (χ0n) is 12.5.